The predicted molar refractivity (Wildman–Crippen MR) is 147 cm³/mol. The van der Waals surface area contributed by atoms with E-state index in [0.717, 1.165) is 17.8 Å². The summed E-state index contributed by atoms with van der Waals surface area (Å²) in [5.74, 6) is 0.519. The first-order valence-corrected chi connectivity index (χ1v) is 14.0. The van der Waals surface area contributed by atoms with Gasteiger partial charge >= 0.3 is 0 Å². The van der Waals surface area contributed by atoms with E-state index in [-0.39, 0.29) is 30.2 Å². The highest BCUT2D eigenvalue weighted by Gasteiger charge is 2.26. The highest BCUT2D eigenvalue weighted by molar-refractivity contribution is 7.09. The number of aromatic nitrogens is 1. The molecular formula is C27H38N4O7S. The van der Waals surface area contributed by atoms with E-state index in [0.29, 0.717) is 76.2 Å². The van der Waals surface area contributed by atoms with Gasteiger partial charge in [0.1, 0.15) is 18.1 Å². The number of benzene rings is 1. The van der Waals surface area contributed by atoms with Crippen LogP contribution in [0.5, 0.6) is 5.75 Å². The number of rotatable bonds is 16. The molecule has 12 heteroatoms. The van der Waals surface area contributed by atoms with Crippen LogP contribution in [-0.4, -0.2) is 94.0 Å². The molecule has 1 aromatic carbocycles. The van der Waals surface area contributed by atoms with E-state index in [1.54, 1.807) is 24.6 Å². The van der Waals surface area contributed by atoms with Gasteiger partial charge in [-0.25, -0.2) is 4.98 Å². The Kier molecular flexibility index (Phi) is 13.1. The molecule has 39 heavy (non-hydrogen) atoms. The van der Waals surface area contributed by atoms with E-state index in [2.05, 4.69) is 15.6 Å². The van der Waals surface area contributed by atoms with Gasteiger partial charge in [0.2, 0.25) is 11.8 Å². The van der Waals surface area contributed by atoms with Crippen LogP contribution in [0.3, 0.4) is 0 Å². The molecule has 1 saturated heterocycles. The number of nitrogens with one attached hydrogen (secondary N) is 2. The van der Waals surface area contributed by atoms with Crippen LogP contribution in [0.4, 0.5) is 5.69 Å². The Morgan fingerprint density at radius 1 is 1.08 bits per heavy atom. The van der Waals surface area contributed by atoms with Gasteiger partial charge in [0.25, 0.3) is 5.91 Å². The average molecular weight is 563 g/mol. The van der Waals surface area contributed by atoms with Crippen molar-refractivity contribution in [2.45, 2.75) is 32.1 Å². The quantitative estimate of drug-likeness (QED) is 0.299. The van der Waals surface area contributed by atoms with Crippen molar-refractivity contribution in [3.63, 3.8) is 0 Å². The fourth-order valence-electron chi connectivity index (χ4n) is 3.99. The molecule has 1 aliphatic heterocycles. The standard InChI is InChI=1S/C27H38N4O7S/c1-20(32)29-22-5-3-6-23(17-22)38-12-4-9-28-26(34)24-19-39-27(30-24)21-7-10-31(11-8-21)25(33)18-37-16-15-36-14-13-35-2/h3,5-6,17,19,21H,4,7-16,18H2,1-2H3,(H,28,34)(H,29,32). The monoisotopic (exact) mass is 562 g/mol. The summed E-state index contributed by atoms with van der Waals surface area (Å²) in [4.78, 5) is 42.5. The molecule has 0 unspecified atom stereocenters. The number of anilines is 1. The molecule has 0 aliphatic carbocycles. The zero-order valence-corrected chi connectivity index (χ0v) is 23.4. The number of methoxy groups -OCH3 is 1. The van der Waals surface area contributed by atoms with Crippen LogP contribution >= 0.6 is 11.3 Å². The van der Waals surface area contributed by atoms with Gasteiger partial charge in [-0.1, -0.05) is 6.07 Å². The molecule has 1 aromatic heterocycles. The Morgan fingerprint density at radius 2 is 1.85 bits per heavy atom. The molecule has 1 aliphatic rings. The van der Waals surface area contributed by atoms with Crippen molar-refractivity contribution >= 4 is 34.7 Å². The second-order valence-corrected chi connectivity index (χ2v) is 9.94. The zero-order chi connectivity index (χ0) is 27.9. The third-order valence-corrected chi connectivity index (χ3v) is 7.02. The topological polar surface area (TPSA) is 128 Å². The average Bonchev–Trinajstić information content (AvgIpc) is 3.43. The molecule has 2 aromatic rings. The van der Waals surface area contributed by atoms with Crippen LogP contribution in [0.1, 0.15) is 47.6 Å². The van der Waals surface area contributed by atoms with Gasteiger partial charge in [0, 0.05) is 56.7 Å². The highest BCUT2D eigenvalue weighted by atomic mass is 32.1. The first-order valence-electron chi connectivity index (χ1n) is 13.1. The lowest BCUT2D eigenvalue weighted by atomic mass is 9.97. The number of likely N-dealkylation sites (tertiary alicyclic amines) is 1. The molecule has 11 nitrogen and oxygen atoms in total. The molecule has 1 fully saturated rings. The molecule has 0 atom stereocenters. The summed E-state index contributed by atoms with van der Waals surface area (Å²) in [6.07, 6.45) is 2.24. The summed E-state index contributed by atoms with van der Waals surface area (Å²) >= 11 is 1.49. The maximum atomic E-state index is 12.5. The van der Waals surface area contributed by atoms with Gasteiger partial charge in [-0.15, -0.1) is 11.3 Å². The lowest BCUT2D eigenvalue weighted by Crippen LogP contribution is -2.40. The number of nitrogens with zero attached hydrogens (tertiary/aromatic N) is 2. The van der Waals surface area contributed by atoms with Crippen LogP contribution in [0.25, 0.3) is 0 Å². The third kappa shape index (κ3) is 10.9. The van der Waals surface area contributed by atoms with E-state index in [4.69, 9.17) is 18.9 Å². The lowest BCUT2D eigenvalue weighted by Gasteiger charge is -2.31. The van der Waals surface area contributed by atoms with Crippen molar-refractivity contribution in [1.82, 2.24) is 15.2 Å². The summed E-state index contributed by atoms with van der Waals surface area (Å²) in [5, 5.41) is 8.32. The largest absolute Gasteiger partial charge is 0.493 e. The van der Waals surface area contributed by atoms with Gasteiger partial charge in [-0.05, 0) is 31.4 Å². The van der Waals surface area contributed by atoms with E-state index in [1.165, 1.54) is 18.3 Å². The van der Waals surface area contributed by atoms with Gasteiger partial charge in [-0.2, -0.15) is 0 Å². The fourth-order valence-corrected chi connectivity index (χ4v) is 4.96. The number of amides is 3. The molecule has 214 valence electrons. The Hall–Kier alpha value is -3.06. The highest BCUT2D eigenvalue weighted by Crippen LogP contribution is 2.30. The minimum atomic E-state index is -0.207. The SMILES string of the molecule is COCCOCCOCC(=O)N1CCC(c2nc(C(=O)NCCCOc3cccc(NC(C)=O)c3)cs2)CC1. The minimum Gasteiger partial charge on any atom is -0.493 e. The van der Waals surface area contributed by atoms with Crippen LogP contribution in [0, 0.1) is 0 Å². The van der Waals surface area contributed by atoms with Crippen molar-refractivity contribution in [3.05, 3.63) is 40.3 Å². The Bertz CT molecular complexity index is 1060. The van der Waals surface area contributed by atoms with Crippen molar-refractivity contribution in [1.29, 1.82) is 0 Å². The minimum absolute atomic E-state index is 0.0195. The van der Waals surface area contributed by atoms with Crippen molar-refractivity contribution in [2.24, 2.45) is 0 Å². The smallest absolute Gasteiger partial charge is 0.270 e. The molecule has 0 bridgehead atoms. The molecule has 3 amide bonds. The summed E-state index contributed by atoms with van der Waals surface area (Å²) in [6.45, 7) is 5.53. The van der Waals surface area contributed by atoms with Crippen molar-refractivity contribution in [2.75, 3.05) is 71.7 Å². The summed E-state index contributed by atoms with van der Waals surface area (Å²) in [7, 11) is 1.62. The fraction of sp³-hybridized carbons (Fsp3) is 0.556. The number of carbonyl (C=O) groups excluding carboxylic acids is 3. The normalized spacial score (nSPS) is 13.7. The number of hydrogen-bond acceptors (Lipinski definition) is 9. The first kappa shape index (κ1) is 30.5. The van der Waals surface area contributed by atoms with Gasteiger partial charge < -0.3 is 34.5 Å². The van der Waals surface area contributed by atoms with Crippen molar-refractivity contribution in [3.8, 4) is 5.75 Å². The Balaban J connectivity index is 1.30. The number of carbonyl (C=O) groups is 3. The summed E-state index contributed by atoms with van der Waals surface area (Å²) in [5.41, 5.74) is 1.09. The maximum Gasteiger partial charge on any atom is 0.270 e. The molecule has 3 rings (SSSR count). The second kappa shape index (κ2) is 16.8. The van der Waals surface area contributed by atoms with Gasteiger partial charge in [0.05, 0.1) is 38.0 Å². The number of thiazole rings is 1. The predicted octanol–water partition coefficient (Wildman–Crippen LogP) is 2.69. The Morgan fingerprint density at radius 3 is 2.62 bits per heavy atom. The lowest BCUT2D eigenvalue weighted by molar-refractivity contribution is -0.137. The van der Waals surface area contributed by atoms with E-state index < -0.39 is 0 Å². The first-order chi connectivity index (χ1) is 19.0. The molecule has 0 radical (unpaired) electrons. The number of ether oxygens (including phenoxy) is 4. The number of piperidine rings is 1. The van der Waals surface area contributed by atoms with Crippen LogP contribution in [-0.2, 0) is 23.8 Å². The maximum absolute atomic E-state index is 12.5. The summed E-state index contributed by atoms with van der Waals surface area (Å²) < 4.78 is 21.4. The van der Waals surface area contributed by atoms with Crippen molar-refractivity contribution < 1.29 is 33.3 Å². The summed E-state index contributed by atoms with van der Waals surface area (Å²) in [6, 6.07) is 7.17. The zero-order valence-electron chi connectivity index (χ0n) is 22.6. The Labute approximate surface area is 233 Å². The molecule has 2 N–H and O–H groups in total. The van der Waals surface area contributed by atoms with Gasteiger partial charge in [-0.3, -0.25) is 14.4 Å². The number of hydrogen-bond donors (Lipinski definition) is 2. The van der Waals surface area contributed by atoms with Crippen LogP contribution < -0.4 is 15.4 Å². The van der Waals surface area contributed by atoms with E-state index in [1.807, 2.05) is 17.0 Å². The molecule has 2 heterocycles. The van der Waals surface area contributed by atoms with Crippen LogP contribution in [0.2, 0.25) is 0 Å². The van der Waals surface area contributed by atoms with Crippen LogP contribution in [0.15, 0.2) is 29.6 Å². The third-order valence-electron chi connectivity index (χ3n) is 6.01. The van der Waals surface area contributed by atoms with Gasteiger partial charge in [0.15, 0.2) is 0 Å². The second-order valence-electron chi connectivity index (χ2n) is 9.05. The molecule has 0 spiro atoms. The molecule has 0 saturated carbocycles. The van der Waals surface area contributed by atoms with E-state index >= 15 is 0 Å². The van der Waals surface area contributed by atoms with E-state index in [9.17, 15) is 14.4 Å². The molecular weight excluding hydrogens is 524 g/mol.